The monoisotopic (exact) mass is 406 g/mol. The quantitative estimate of drug-likeness (QED) is 0.364. The molecule has 0 radical (unpaired) electrons. The third-order valence-electron chi connectivity index (χ3n) is 3.61. The second-order valence-corrected chi connectivity index (χ2v) is 5.11. The maximum absolute atomic E-state index is 11.0. The summed E-state index contributed by atoms with van der Waals surface area (Å²) in [6.45, 7) is 4.00. The Morgan fingerprint density at radius 3 is 1.97 bits per heavy atom. The highest BCUT2D eigenvalue weighted by molar-refractivity contribution is 5.66. The highest BCUT2D eigenvalue weighted by atomic mass is 16.6. The van der Waals surface area contributed by atoms with Crippen molar-refractivity contribution in [2.45, 2.75) is 13.8 Å². The number of ether oxygens (including phenoxy) is 4. The number of nitrogens with one attached hydrogen (secondary N) is 1. The van der Waals surface area contributed by atoms with Gasteiger partial charge in [0.25, 0.3) is 0 Å². The summed E-state index contributed by atoms with van der Waals surface area (Å²) in [5.41, 5.74) is 3.46. The molecule has 9 heteroatoms. The molecule has 0 fully saturated rings. The lowest BCUT2D eigenvalue weighted by Crippen LogP contribution is -1.99. The summed E-state index contributed by atoms with van der Waals surface area (Å²) in [4.78, 5) is 15.8. The first-order valence-corrected chi connectivity index (χ1v) is 8.74. The van der Waals surface area contributed by atoms with E-state index in [1.165, 1.54) is 39.7 Å². The van der Waals surface area contributed by atoms with E-state index in [1.807, 2.05) is 13.8 Å². The minimum absolute atomic E-state index is 0.161. The van der Waals surface area contributed by atoms with Crippen molar-refractivity contribution in [2.24, 2.45) is 0 Å². The molecule has 0 amide bonds. The summed E-state index contributed by atoms with van der Waals surface area (Å²) in [5.74, 6) is 1.82. The Morgan fingerprint density at radius 2 is 1.48 bits per heavy atom. The zero-order chi connectivity index (χ0) is 21.8. The topological polar surface area (TPSA) is 101 Å². The first-order chi connectivity index (χ1) is 14.0. The molecule has 0 saturated heterocycles. The first kappa shape index (κ1) is 23.4. The van der Waals surface area contributed by atoms with Gasteiger partial charge in [0.15, 0.2) is 5.75 Å². The largest absolute Gasteiger partial charge is 0.496 e. The van der Waals surface area contributed by atoms with Gasteiger partial charge in [0.2, 0.25) is 0 Å². The molecule has 0 heterocycles. The molecule has 0 bridgehead atoms. The Balaban J connectivity index is 0.00000204. The first-order valence-electron chi connectivity index (χ1n) is 8.74. The van der Waals surface area contributed by atoms with Crippen LogP contribution in [0.25, 0.3) is 6.08 Å². The molecular formula is C20H26N2O7. The Hall–Kier alpha value is -3.62. The molecule has 1 N–H and O–H groups in total. The third-order valence-corrected chi connectivity index (χ3v) is 3.61. The van der Waals surface area contributed by atoms with Crippen LogP contribution in [0.3, 0.4) is 0 Å². The van der Waals surface area contributed by atoms with Crippen LogP contribution in [0.15, 0.2) is 36.6 Å². The number of hydrogen-bond donors (Lipinski definition) is 1. The van der Waals surface area contributed by atoms with Crippen LogP contribution in [0.1, 0.15) is 19.4 Å². The van der Waals surface area contributed by atoms with E-state index in [0.717, 1.165) is 0 Å². The molecule has 0 saturated carbocycles. The minimum atomic E-state index is -0.535. The zero-order valence-corrected chi connectivity index (χ0v) is 17.3. The minimum Gasteiger partial charge on any atom is -0.496 e. The van der Waals surface area contributed by atoms with Gasteiger partial charge in [0.05, 0.1) is 44.6 Å². The van der Waals surface area contributed by atoms with E-state index < -0.39 is 4.92 Å². The fourth-order valence-corrected chi connectivity index (χ4v) is 2.30. The number of methoxy groups -OCH3 is 4. The van der Waals surface area contributed by atoms with Gasteiger partial charge in [0.1, 0.15) is 23.5 Å². The van der Waals surface area contributed by atoms with Crippen molar-refractivity contribution >= 4 is 17.5 Å². The van der Waals surface area contributed by atoms with E-state index in [0.29, 0.717) is 28.5 Å². The Bertz CT molecular complexity index is 813. The molecule has 158 valence electrons. The number of rotatable bonds is 9. The van der Waals surface area contributed by atoms with E-state index in [9.17, 15) is 10.1 Å². The second kappa shape index (κ2) is 12.0. The highest BCUT2D eigenvalue weighted by Gasteiger charge is 2.15. The lowest BCUT2D eigenvalue weighted by Gasteiger charge is -2.12. The molecular weight excluding hydrogens is 380 g/mol. The highest BCUT2D eigenvalue weighted by Crippen LogP contribution is 2.35. The van der Waals surface area contributed by atoms with Crippen LogP contribution in [0.2, 0.25) is 0 Å². The Kier molecular flexibility index (Phi) is 9.66. The van der Waals surface area contributed by atoms with Gasteiger partial charge < -0.3 is 23.8 Å². The number of nitrogens with zero attached hydrogens (tertiary/aromatic N) is 1. The maximum Gasteiger partial charge on any atom is 0.313 e. The number of nitro groups is 1. The van der Waals surface area contributed by atoms with Gasteiger partial charge in [0, 0.05) is 18.2 Å². The summed E-state index contributed by atoms with van der Waals surface area (Å²) < 4.78 is 20.8. The van der Waals surface area contributed by atoms with Crippen molar-refractivity contribution in [3.8, 4) is 23.0 Å². The van der Waals surface area contributed by atoms with E-state index in [2.05, 4.69) is 5.48 Å². The molecule has 0 unspecified atom stereocenters. The van der Waals surface area contributed by atoms with E-state index in [4.69, 9.17) is 23.8 Å². The van der Waals surface area contributed by atoms with Crippen molar-refractivity contribution < 1.29 is 28.7 Å². The average molecular weight is 406 g/mol. The van der Waals surface area contributed by atoms with Crippen LogP contribution >= 0.6 is 0 Å². The normalized spacial score (nSPS) is 9.86. The molecule has 0 spiro atoms. The fraction of sp³-hybridized carbons (Fsp3) is 0.300. The average Bonchev–Trinajstić information content (AvgIpc) is 2.77. The maximum atomic E-state index is 11.0. The molecule has 0 aromatic heterocycles. The van der Waals surface area contributed by atoms with E-state index >= 15 is 0 Å². The van der Waals surface area contributed by atoms with E-state index in [1.54, 1.807) is 31.4 Å². The molecule has 2 rings (SSSR count). The van der Waals surface area contributed by atoms with Gasteiger partial charge in [-0.25, -0.2) is 5.48 Å². The summed E-state index contributed by atoms with van der Waals surface area (Å²) in [5, 5.41) is 11.0. The number of benzene rings is 2. The molecule has 2 aromatic rings. The predicted molar refractivity (Wildman–Crippen MR) is 111 cm³/mol. The van der Waals surface area contributed by atoms with Crippen LogP contribution in [-0.2, 0) is 4.84 Å². The van der Waals surface area contributed by atoms with E-state index in [-0.39, 0.29) is 11.4 Å². The lowest BCUT2D eigenvalue weighted by molar-refractivity contribution is -0.385. The van der Waals surface area contributed by atoms with Crippen LogP contribution in [-0.4, -0.2) is 33.4 Å². The summed E-state index contributed by atoms with van der Waals surface area (Å²) in [6, 6.07) is 7.80. The fourth-order valence-electron chi connectivity index (χ4n) is 2.30. The number of anilines is 1. The molecule has 0 atom stereocenters. The summed E-state index contributed by atoms with van der Waals surface area (Å²) in [6.07, 6.45) is 2.99. The van der Waals surface area contributed by atoms with Crippen LogP contribution < -0.4 is 24.4 Å². The predicted octanol–water partition coefficient (Wildman–Crippen LogP) is 4.67. The van der Waals surface area contributed by atoms with Crippen molar-refractivity contribution in [3.05, 3.63) is 52.3 Å². The standard InChI is InChI=1S/C18H20N2O7.C2H6/c1-23-13-10-17(25-3)14(18(11-13)26-4)7-8-27-19-12-5-6-16(24-2)15(9-12)20(21)22;1-2/h5-11,19H,1-4H3;1-2H3/b8-7+;. The van der Waals surface area contributed by atoms with Crippen LogP contribution in [0.5, 0.6) is 23.0 Å². The molecule has 0 aliphatic carbocycles. The van der Waals surface area contributed by atoms with Crippen LogP contribution in [0, 0.1) is 10.1 Å². The Morgan fingerprint density at radius 1 is 0.897 bits per heavy atom. The van der Waals surface area contributed by atoms with Crippen LogP contribution in [0.4, 0.5) is 11.4 Å². The molecule has 2 aromatic carbocycles. The number of nitro benzene ring substituents is 1. The zero-order valence-electron chi connectivity index (χ0n) is 17.3. The van der Waals surface area contributed by atoms with Crippen molar-refractivity contribution in [2.75, 3.05) is 33.9 Å². The Labute approximate surface area is 169 Å². The summed E-state index contributed by atoms with van der Waals surface area (Å²) in [7, 11) is 5.97. The molecule has 0 aliphatic heterocycles. The third kappa shape index (κ3) is 6.20. The van der Waals surface area contributed by atoms with Gasteiger partial charge in [-0.3, -0.25) is 10.1 Å². The smallest absolute Gasteiger partial charge is 0.313 e. The van der Waals surface area contributed by atoms with Gasteiger partial charge in [-0.2, -0.15) is 0 Å². The van der Waals surface area contributed by atoms with Crippen molar-refractivity contribution in [1.29, 1.82) is 0 Å². The van der Waals surface area contributed by atoms with Gasteiger partial charge in [-0.15, -0.1) is 0 Å². The van der Waals surface area contributed by atoms with Gasteiger partial charge in [-0.1, -0.05) is 13.8 Å². The summed E-state index contributed by atoms with van der Waals surface area (Å²) >= 11 is 0. The molecule has 0 aliphatic rings. The molecule has 9 nitrogen and oxygen atoms in total. The lowest BCUT2D eigenvalue weighted by atomic mass is 10.1. The number of hydrogen-bond acceptors (Lipinski definition) is 8. The van der Waals surface area contributed by atoms with Crippen molar-refractivity contribution in [3.63, 3.8) is 0 Å². The van der Waals surface area contributed by atoms with Gasteiger partial charge in [-0.05, 0) is 18.2 Å². The van der Waals surface area contributed by atoms with Crippen molar-refractivity contribution in [1.82, 2.24) is 0 Å². The van der Waals surface area contributed by atoms with Gasteiger partial charge >= 0.3 is 5.69 Å². The SMILES string of the molecule is CC.COc1cc(OC)c(/C=C/ONc2ccc(OC)c([N+](=O)[O-])c2)c(OC)c1. The second-order valence-electron chi connectivity index (χ2n) is 5.11. The molecule has 29 heavy (non-hydrogen) atoms.